The van der Waals surface area contributed by atoms with Gasteiger partial charge in [0.2, 0.25) is 0 Å². The van der Waals surface area contributed by atoms with E-state index >= 15 is 0 Å². The van der Waals surface area contributed by atoms with Gasteiger partial charge >= 0.3 is 5.97 Å². The third-order valence-corrected chi connectivity index (χ3v) is 5.20. The topological polar surface area (TPSA) is 47.6 Å². The van der Waals surface area contributed by atoms with Crippen molar-refractivity contribution in [1.29, 1.82) is 0 Å². The van der Waals surface area contributed by atoms with Crippen molar-refractivity contribution in [1.82, 2.24) is 0 Å². The molecule has 0 amide bonds. The van der Waals surface area contributed by atoms with E-state index in [-0.39, 0.29) is 6.61 Å². The highest BCUT2D eigenvalue weighted by Gasteiger charge is 2.17. The minimum Gasteiger partial charge on any atom is -0.480 e. The molecular weight excluding hydrogens is 477 g/mol. The van der Waals surface area contributed by atoms with Gasteiger partial charge < -0.3 is 14.2 Å². The van der Waals surface area contributed by atoms with E-state index in [1.54, 1.807) is 6.07 Å². The summed E-state index contributed by atoms with van der Waals surface area (Å²) in [7, 11) is 0. The Labute approximate surface area is 210 Å². The molecule has 1 N–H and O–H groups in total. The first-order chi connectivity index (χ1) is 15.7. The van der Waals surface area contributed by atoms with Crippen molar-refractivity contribution >= 4 is 46.8 Å². The number of benzene rings is 3. The van der Waals surface area contributed by atoms with Crippen molar-refractivity contribution in [3.8, 4) is 16.9 Å². The lowest BCUT2D eigenvalue weighted by atomic mass is 10.1. The third kappa shape index (κ3) is 9.20. The van der Waals surface area contributed by atoms with Crippen LogP contribution in [0.4, 0.5) is 5.69 Å². The molecule has 0 radical (unpaired) electrons. The number of ether oxygens (including phenoxy) is 2. The Balaban J connectivity index is 0.00000187. The van der Waals surface area contributed by atoms with Crippen LogP contribution < -0.4 is 9.46 Å². The zero-order chi connectivity index (χ0) is 24.4. The van der Waals surface area contributed by atoms with E-state index in [2.05, 4.69) is 4.72 Å². The Hall–Kier alpha value is -2.34. The minimum absolute atomic E-state index is 0.190. The number of hydrogen-bond acceptors (Lipinski definition) is 5. The number of nitrogens with one attached hydrogen (secondary N) is 1. The summed E-state index contributed by atoms with van der Waals surface area (Å²) in [6, 6.07) is 21.1. The van der Waals surface area contributed by atoms with Crippen LogP contribution in [0.3, 0.4) is 0 Å². The van der Waals surface area contributed by atoms with Crippen LogP contribution in [-0.2, 0) is 9.53 Å². The van der Waals surface area contributed by atoms with Gasteiger partial charge in [0.15, 0.2) is 6.61 Å². The van der Waals surface area contributed by atoms with Crippen molar-refractivity contribution in [3.05, 3.63) is 76.8 Å². The molecule has 33 heavy (non-hydrogen) atoms. The largest absolute Gasteiger partial charge is 0.480 e. The highest BCUT2D eigenvalue weighted by atomic mass is 35.5. The molecule has 0 saturated heterocycles. The third-order valence-electron chi connectivity index (χ3n) is 3.97. The van der Waals surface area contributed by atoms with E-state index in [9.17, 15) is 4.79 Å². The Morgan fingerprint density at radius 3 is 2.15 bits per heavy atom. The molecule has 3 aromatic carbocycles. The summed E-state index contributed by atoms with van der Waals surface area (Å²) >= 11 is 13.6. The summed E-state index contributed by atoms with van der Waals surface area (Å²) in [6.07, 6.45) is 0. The molecule has 0 spiro atoms. The number of halogens is 2. The summed E-state index contributed by atoms with van der Waals surface area (Å²) in [5.74, 6) is 0.103. The van der Waals surface area contributed by atoms with Gasteiger partial charge in [-0.2, -0.15) is 0 Å². The highest BCUT2D eigenvalue weighted by molar-refractivity contribution is 8.00. The number of carbonyl (C=O) groups is 1. The molecule has 7 heteroatoms. The molecule has 0 aliphatic carbocycles. The van der Waals surface area contributed by atoms with E-state index in [1.807, 2.05) is 95.3 Å². The Morgan fingerprint density at radius 1 is 0.909 bits per heavy atom. The zero-order valence-corrected chi connectivity index (χ0v) is 21.8. The van der Waals surface area contributed by atoms with Crippen molar-refractivity contribution in [3.63, 3.8) is 0 Å². The molecule has 0 heterocycles. The standard InChI is InChI=1S/C24H23Cl2NO3S.C2H6/c1-24(2,3)30-23(28)15-29-22-10-9-17(16-7-5-4-6-8-16)11-21(22)27-31-20-13-18(25)12-19(26)14-20;1-2/h4-14,27H,15H2,1-3H3;1-2H3. The first kappa shape index (κ1) is 26.9. The number of hydrogen-bond donors (Lipinski definition) is 1. The molecule has 0 aliphatic rings. The van der Waals surface area contributed by atoms with Crippen LogP contribution in [0.15, 0.2) is 71.6 Å². The molecule has 0 atom stereocenters. The van der Waals surface area contributed by atoms with E-state index in [1.165, 1.54) is 11.9 Å². The molecule has 3 aromatic rings. The second-order valence-corrected chi connectivity index (χ2v) is 9.51. The molecule has 0 unspecified atom stereocenters. The lowest BCUT2D eigenvalue weighted by Gasteiger charge is -2.20. The van der Waals surface area contributed by atoms with Crippen LogP contribution >= 0.6 is 35.1 Å². The molecule has 0 bridgehead atoms. The molecule has 0 aliphatic heterocycles. The van der Waals surface area contributed by atoms with E-state index in [0.717, 1.165) is 16.0 Å². The van der Waals surface area contributed by atoms with Crippen LogP contribution in [0.1, 0.15) is 34.6 Å². The number of rotatable bonds is 7. The second kappa shape index (κ2) is 12.8. The maximum absolute atomic E-state index is 12.1. The number of esters is 1. The van der Waals surface area contributed by atoms with Gasteiger partial charge in [0.05, 0.1) is 5.69 Å². The lowest BCUT2D eigenvalue weighted by Crippen LogP contribution is -2.27. The Bertz CT molecular complexity index is 1030. The predicted octanol–water partition coefficient (Wildman–Crippen LogP) is 8.53. The van der Waals surface area contributed by atoms with Gasteiger partial charge in [-0.25, -0.2) is 4.79 Å². The van der Waals surface area contributed by atoms with E-state index in [0.29, 0.717) is 21.5 Å². The van der Waals surface area contributed by atoms with Crippen LogP contribution in [0.5, 0.6) is 5.75 Å². The first-order valence-corrected chi connectivity index (χ1v) is 12.2. The summed E-state index contributed by atoms with van der Waals surface area (Å²) in [5, 5.41) is 1.10. The highest BCUT2D eigenvalue weighted by Crippen LogP contribution is 2.35. The first-order valence-electron chi connectivity index (χ1n) is 10.6. The van der Waals surface area contributed by atoms with Gasteiger partial charge in [0, 0.05) is 14.9 Å². The van der Waals surface area contributed by atoms with Crippen LogP contribution in [0.2, 0.25) is 10.0 Å². The van der Waals surface area contributed by atoms with E-state index in [4.69, 9.17) is 32.7 Å². The van der Waals surface area contributed by atoms with Crippen LogP contribution in [0.25, 0.3) is 11.1 Å². The summed E-state index contributed by atoms with van der Waals surface area (Å²) in [4.78, 5) is 12.9. The minimum atomic E-state index is -0.569. The number of anilines is 1. The van der Waals surface area contributed by atoms with Gasteiger partial charge in [-0.15, -0.1) is 0 Å². The zero-order valence-electron chi connectivity index (χ0n) is 19.4. The molecule has 4 nitrogen and oxygen atoms in total. The lowest BCUT2D eigenvalue weighted by molar-refractivity contribution is -0.157. The average molecular weight is 506 g/mol. The van der Waals surface area contributed by atoms with Crippen molar-refractivity contribution < 1.29 is 14.3 Å². The fraction of sp³-hybridized carbons (Fsp3) is 0.269. The smallest absolute Gasteiger partial charge is 0.344 e. The molecular formula is C26H29Cl2NO3S. The fourth-order valence-electron chi connectivity index (χ4n) is 2.75. The molecule has 3 rings (SSSR count). The summed E-state index contributed by atoms with van der Waals surface area (Å²) in [5.41, 5.74) is 2.23. The second-order valence-electron chi connectivity index (χ2n) is 7.76. The molecule has 0 fully saturated rings. The van der Waals surface area contributed by atoms with Gasteiger partial charge in [-0.3, -0.25) is 0 Å². The summed E-state index contributed by atoms with van der Waals surface area (Å²) in [6.45, 7) is 9.27. The van der Waals surface area contributed by atoms with Crippen LogP contribution in [-0.4, -0.2) is 18.2 Å². The van der Waals surface area contributed by atoms with E-state index < -0.39 is 11.6 Å². The Morgan fingerprint density at radius 2 is 1.55 bits per heavy atom. The van der Waals surface area contributed by atoms with Crippen LogP contribution in [0, 0.1) is 0 Å². The molecule has 0 saturated carbocycles. The predicted molar refractivity (Wildman–Crippen MR) is 141 cm³/mol. The average Bonchev–Trinajstić information content (AvgIpc) is 2.77. The van der Waals surface area contributed by atoms with Gasteiger partial charge in [0.25, 0.3) is 0 Å². The Kier molecular flexibility index (Phi) is 10.4. The SMILES string of the molecule is CC.CC(C)(C)OC(=O)COc1ccc(-c2ccccc2)cc1NSc1cc(Cl)cc(Cl)c1. The van der Waals surface area contributed by atoms with Crippen molar-refractivity contribution in [2.75, 3.05) is 11.3 Å². The monoisotopic (exact) mass is 505 g/mol. The molecule has 0 aromatic heterocycles. The van der Waals surface area contributed by atoms with Gasteiger partial charge in [-0.1, -0.05) is 73.4 Å². The maximum Gasteiger partial charge on any atom is 0.344 e. The maximum atomic E-state index is 12.1. The molecule has 176 valence electrons. The number of carbonyl (C=O) groups excluding carboxylic acids is 1. The van der Waals surface area contributed by atoms with Gasteiger partial charge in [-0.05, 0) is 74.2 Å². The summed E-state index contributed by atoms with van der Waals surface area (Å²) < 4.78 is 14.4. The van der Waals surface area contributed by atoms with Gasteiger partial charge in [0.1, 0.15) is 11.4 Å². The van der Waals surface area contributed by atoms with Crippen molar-refractivity contribution in [2.24, 2.45) is 0 Å². The van der Waals surface area contributed by atoms with Crippen molar-refractivity contribution in [2.45, 2.75) is 45.1 Å². The quantitative estimate of drug-likeness (QED) is 0.257. The fourth-order valence-corrected chi connectivity index (χ4v) is 4.17. The normalized spacial score (nSPS) is 10.6.